The van der Waals surface area contributed by atoms with Gasteiger partial charge >= 0.3 is 5.97 Å². The fourth-order valence-corrected chi connectivity index (χ4v) is 2.88. The number of nitrogens with zero attached hydrogens (tertiary/aromatic N) is 2. The second-order valence-electron chi connectivity index (χ2n) is 6.03. The largest absolute Gasteiger partial charge is 0.469 e. The van der Waals surface area contributed by atoms with Crippen molar-refractivity contribution in [3.63, 3.8) is 0 Å². The first-order valence-corrected chi connectivity index (χ1v) is 7.91. The number of guanidine groups is 1. The number of aliphatic imine (C=N–C) groups is 1. The lowest BCUT2D eigenvalue weighted by atomic mass is 9.80. The molecule has 6 heteroatoms. The molecule has 0 atom stereocenters. The van der Waals surface area contributed by atoms with Crippen molar-refractivity contribution in [1.29, 1.82) is 0 Å². The molecule has 0 spiro atoms. The second kappa shape index (κ2) is 7.11. The normalized spacial score (nSPS) is 22.6. The maximum atomic E-state index is 11.6. The fraction of sp³-hybridized carbons (Fsp3) is 0.867. The highest BCUT2D eigenvalue weighted by molar-refractivity contribution is 5.80. The number of piperidine rings is 1. The summed E-state index contributed by atoms with van der Waals surface area (Å²) < 4.78 is 4.81. The molecule has 1 aliphatic carbocycles. The first-order chi connectivity index (χ1) is 10.1. The van der Waals surface area contributed by atoms with E-state index in [0.29, 0.717) is 6.54 Å². The topological polar surface area (TPSA) is 74.2 Å². The van der Waals surface area contributed by atoms with Crippen molar-refractivity contribution in [1.82, 2.24) is 10.2 Å². The van der Waals surface area contributed by atoms with Crippen LogP contribution in [0.25, 0.3) is 0 Å². The van der Waals surface area contributed by atoms with Crippen LogP contribution in [0, 0.1) is 5.92 Å². The second-order valence-corrected chi connectivity index (χ2v) is 6.03. The SMILES string of the molecule is CCNC(=NCC1(O)CCC1)N1CCC(C(=O)OC)CC1. The molecule has 1 aliphatic heterocycles. The van der Waals surface area contributed by atoms with Crippen LogP contribution in [0.1, 0.15) is 39.0 Å². The van der Waals surface area contributed by atoms with Crippen molar-refractivity contribution >= 4 is 11.9 Å². The minimum absolute atomic E-state index is 0.00458. The van der Waals surface area contributed by atoms with Crippen LogP contribution < -0.4 is 5.32 Å². The molecule has 2 rings (SSSR count). The van der Waals surface area contributed by atoms with Gasteiger partial charge in [0.1, 0.15) is 0 Å². The number of methoxy groups -OCH3 is 1. The predicted molar refractivity (Wildman–Crippen MR) is 81.1 cm³/mol. The Kier molecular flexibility index (Phi) is 5.45. The number of esters is 1. The maximum absolute atomic E-state index is 11.6. The zero-order valence-corrected chi connectivity index (χ0v) is 13.1. The molecule has 2 fully saturated rings. The van der Waals surface area contributed by atoms with Gasteiger partial charge in [-0.05, 0) is 39.0 Å². The fourth-order valence-electron chi connectivity index (χ4n) is 2.88. The van der Waals surface area contributed by atoms with E-state index in [1.54, 1.807) is 0 Å². The van der Waals surface area contributed by atoms with Crippen LogP contribution in [-0.4, -0.2) is 60.8 Å². The molecule has 0 amide bonds. The summed E-state index contributed by atoms with van der Waals surface area (Å²) in [5.74, 6) is 0.742. The Labute approximate surface area is 126 Å². The maximum Gasteiger partial charge on any atom is 0.308 e. The van der Waals surface area contributed by atoms with Gasteiger partial charge in [-0.3, -0.25) is 9.79 Å². The molecular formula is C15H27N3O3. The number of carbonyl (C=O) groups is 1. The van der Waals surface area contributed by atoms with E-state index in [-0.39, 0.29) is 11.9 Å². The number of hydrogen-bond acceptors (Lipinski definition) is 4. The highest BCUT2D eigenvalue weighted by Gasteiger charge is 2.34. The molecule has 0 radical (unpaired) electrons. The summed E-state index contributed by atoms with van der Waals surface area (Å²) in [4.78, 5) is 18.3. The van der Waals surface area contributed by atoms with Gasteiger partial charge in [-0.25, -0.2) is 0 Å². The lowest BCUT2D eigenvalue weighted by molar-refractivity contribution is -0.146. The van der Waals surface area contributed by atoms with Gasteiger partial charge < -0.3 is 20.1 Å². The van der Waals surface area contributed by atoms with Crippen LogP contribution >= 0.6 is 0 Å². The Bertz CT molecular complexity index is 386. The summed E-state index contributed by atoms with van der Waals surface area (Å²) >= 11 is 0. The molecule has 0 aromatic carbocycles. The number of carbonyl (C=O) groups excluding carboxylic acids is 1. The highest BCUT2D eigenvalue weighted by Crippen LogP contribution is 2.31. The molecular weight excluding hydrogens is 270 g/mol. The van der Waals surface area contributed by atoms with E-state index >= 15 is 0 Å². The van der Waals surface area contributed by atoms with E-state index in [4.69, 9.17) is 4.74 Å². The zero-order chi connectivity index (χ0) is 15.3. The average Bonchev–Trinajstić information content (AvgIpc) is 2.49. The average molecular weight is 297 g/mol. The Morgan fingerprint density at radius 3 is 2.57 bits per heavy atom. The van der Waals surface area contributed by atoms with Crippen molar-refractivity contribution in [2.45, 2.75) is 44.6 Å². The predicted octanol–water partition coefficient (Wildman–Crippen LogP) is 0.752. The lowest BCUT2D eigenvalue weighted by Gasteiger charge is -2.37. The minimum Gasteiger partial charge on any atom is -0.469 e. The van der Waals surface area contributed by atoms with Crippen molar-refractivity contribution < 1.29 is 14.6 Å². The van der Waals surface area contributed by atoms with Gasteiger partial charge in [0.25, 0.3) is 0 Å². The van der Waals surface area contributed by atoms with E-state index in [2.05, 4.69) is 15.2 Å². The summed E-state index contributed by atoms with van der Waals surface area (Å²) in [7, 11) is 1.44. The number of nitrogens with one attached hydrogen (secondary N) is 1. The Morgan fingerprint density at radius 2 is 2.10 bits per heavy atom. The summed E-state index contributed by atoms with van der Waals surface area (Å²) in [6.07, 6.45) is 4.37. The highest BCUT2D eigenvalue weighted by atomic mass is 16.5. The van der Waals surface area contributed by atoms with Gasteiger partial charge in [0, 0.05) is 19.6 Å². The molecule has 21 heavy (non-hydrogen) atoms. The van der Waals surface area contributed by atoms with E-state index < -0.39 is 5.60 Å². The monoisotopic (exact) mass is 297 g/mol. The summed E-state index contributed by atoms with van der Waals surface area (Å²) in [5.41, 5.74) is -0.592. The van der Waals surface area contributed by atoms with Crippen molar-refractivity contribution in [2.24, 2.45) is 10.9 Å². The molecule has 1 saturated carbocycles. The lowest BCUT2D eigenvalue weighted by Crippen LogP contribution is -2.48. The number of likely N-dealkylation sites (tertiary alicyclic amines) is 1. The smallest absolute Gasteiger partial charge is 0.308 e. The zero-order valence-electron chi connectivity index (χ0n) is 13.1. The van der Waals surface area contributed by atoms with Crippen molar-refractivity contribution in [3.8, 4) is 0 Å². The number of ether oxygens (including phenoxy) is 1. The van der Waals surface area contributed by atoms with Gasteiger partial charge in [0.15, 0.2) is 5.96 Å². The van der Waals surface area contributed by atoms with E-state index in [0.717, 1.165) is 57.7 Å². The molecule has 1 saturated heterocycles. The van der Waals surface area contributed by atoms with Crippen LogP contribution in [0.4, 0.5) is 0 Å². The molecule has 0 aromatic heterocycles. The molecule has 6 nitrogen and oxygen atoms in total. The van der Waals surface area contributed by atoms with E-state index in [1.165, 1.54) is 7.11 Å². The third kappa shape index (κ3) is 4.09. The molecule has 120 valence electrons. The number of rotatable bonds is 4. The summed E-state index contributed by atoms with van der Waals surface area (Å²) in [5, 5.41) is 13.4. The third-order valence-corrected chi connectivity index (χ3v) is 4.47. The van der Waals surface area contributed by atoms with Crippen molar-refractivity contribution in [2.75, 3.05) is 33.3 Å². The minimum atomic E-state index is -0.592. The van der Waals surface area contributed by atoms with Gasteiger partial charge in [-0.2, -0.15) is 0 Å². The van der Waals surface area contributed by atoms with Crippen LogP contribution in [0.2, 0.25) is 0 Å². The molecule has 1 heterocycles. The van der Waals surface area contributed by atoms with Gasteiger partial charge in [-0.15, -0.1) is 0 Å². The third-order valence-electron chi connectivity index (χ3n) is 4.47. The molecule has 2 aliphatic rings. The van der Waals surface area contributed by atoms with Crippen LogP contribution in [0.15, 0.2) is 4.99 Å². The van der Waals surface area contributed by atoms with E-state index in [1.807, 2.05) is 6.92 Å². The van der Waals surface area contributed by atoms with Gasteiger partial charge in [0.2, 0.25) is 0 Å². The van der Waals surface area contributed by atoms with Crippen molar-refractivity contribution in [3.05, 3.63) is 0 Å². The summed E-state index contributed by atoms with van der Waals surface area (Å²) in [6.45, 7) is 4.89. The summed E-state index contributed by atoms with van der Waals surface area (Å²) in [6, 6.07) is 0. The standard InChI is InChI=1S/C15H27N3O3/c1-3-16-14(17-11-15(20)7-4-8-15)18-9-5-12(6-10-18)13(19)21-2/h12,20H,3-11H2,1-2H3,(H,16,17). The molecule has 0 bridgehead atoms. The van der Waals surface area contributed by atoms with E-state index in [9.17, 15) is 9.90 Å². The first-order valence-electron chi connectivity index (χ1n) is 7.91. The van der Waals surface area contributed by atoms with Gasteiger partial charge in [0.05, 0.1) is 25.2 Å². The van der Waals surface area contributed by atoms with Crippen LogP contribution in [0.5, 0.6) is 0 Å². The number of hydrogen-bond donors (Lipinski definition) is 2. The number of aliphatic hydroxyl groups is 1. The van der Waals surface area contributed by atoms with Crippen LogP contribution in [0.3, 0.4) is 0 Å². The molecule has 2 N–H and O–H groups in total. The first kappa shape index (κ1) is 16.1. The Hall–Kier alpha value is -1.30. The molecule has 0 aromatic rings. The Morgan fingerprint density at radius 1 is 1.43 bits per heavy atom. The molecule has 0 unspecified atom stereocenters. The quantitative estimate of drug-likeness (QED) is 0.455. The Balaban J connectivity index is 1.90. The van der Waals surface area contributed by atoms with Crippen LogP contribution in [-0.2, 0) is 9.53 Å². The van der Waals surface area contributed by atoms with Gasteiger partial charge in [-0.1, -0.05) is 0 Å².